The zero-order chi connectivity index (χ0) is 5.41. The normalized spacial score (nSPS) is 6.00. The molecule has 0 aliphatic carbocycles. The molecule has 0 unspecified atom stereocenters. The first-order valence-corrected chi connectivity index (χ1v) is 6.89. The van der Waals surface area contributed by atoms with Crippen molar-refractivity contribution in [1.29, 1.82) is 0 Å². The van der Waals surface area contributed by atoms with Gasteiger partial charge in [0.25, 0.3) is 0 Å². The monoisotopic (exact) mass is 306 g/mol. The number of rotatable bonds is 0. The summed E-state index contributed by atoms with van der Waals surface area (Å²) < 4.78 is 0. The fourth-order valence-electron chi connectivity index (χ4n) is 0. The third kappa shape index (κ3) is 54.3. The maximum Gasteiger partial charge on any atom is 2.00 e. The minimum Gasteiger partial charge on any atom is -0.108 e. The van der Waals surface area contributed by atoms with Crippen molar-refractivity contribution in [3.8, 4) is 0 Å². The quantitative estimate of drug-likeness (QED) is 0.401. The van der Waals surface area contributed by atoms with Crippen molar-refractivity contribution < 1.29 is 27.3 Å². The molecule has 0 rings (SSSR count). The summed E-state index contributed by atoms with van der Waals surface area (Å²) in [4.78, 5) is 0. The zero-order valence-corrected chi connectivity index (χ0v) is 12.6. The molecule has 0 atom stereocenters. The molecule has 0 aromatic heterocycles. The second-order valence-corrected chi connectivity index (χ2v) is 4.41. The molecule has 0 N–H and O–H groups in total. The zero-order valence-electron chi connectivity index (χ0n) is 3.31. The Labute approximate surface area is 87.4 Å². The SMILES string of the molecule is S=PS.S=PS.[Cd+2]. The van der Waals surface area contributed by atoms with Crippen molar-refractivity contribution in [3.05, 3.63) is 0 Å². The first-order chi connectivity index (χ1) is 2.83. The average Bonchev–Trinajstić information content (AvgIpc) is 1.39. The van der Waals surface area contributed by atoms with Crippen LogP contribution in [0.5, 0.6) is 0 Å². The van der Waals surface area contributed by atoms with Gasteiger partial charge in [-0.15, -0.1) is 24.5 Å². The Morgan fingerprint density at radius 1 is 1.00 bits per heavy atom. The second kappa shape index (κ2) is 23.4. The van der Waals surface area contributed by atoms with E-state index < -0.39 is 0 Å². The topological polar surface area (TPSA) is 0 Å². The van der Waals surface area contributed by atoms with E-state index in [1.807, 2.05) is 0 Å². The van der Waals surface area contributed by atoms with Crippen molar-refractivity contribution >= 4 is 61.2 Å². The molecular weight excluding hydrogens is 303 g/mol. The van der Waals surface area contributed by atoms with Gasteiger partial charge in [0.1, 0.15) is 0 Å². The molecule has 0 bridgehead atoms. The van der Waals surface area contributed by atoms with E-state index in [0.717, 1.165) is 0 Å². The van der Waals surface area contributed by atoms with Crippen LogP contribution >= 0.6 is 37.6 Å². The smallest absolute Gasteiger partial charge is 0.108 e. The van der Waals surface area contributed by atoms with Crippen LogP contribution in [-0.2, 0) is 50.9 Å². The van der Waals surface area contributed by atoms with Gasteiger partial charge in [-0.3, -0.25) is 0 Å². The van der Waals surface area contributed by atoms with Crippen LogP contribution in [0.15, 0.2) is 0 Å². The minimum absolute atomic E-state index is 0. The molecule has 0 amide bonds. The Balaban J connectivity index is -0.0000000400. The number of hydrogen-bond acceptors (Lipinski definition) is 2. The second-order valence-electron chi connectivity index (χ2n) is 0.163. The summed E-state index contributed by atoms with van der Waals surface area (Å²) in [5.41, 5.74) is 0. The van der Waals surface area contributed by atoms with Gasteiger partial charge in [0.15, 0.2) is 0 Å². The standard InChI is InChI=1S/Cd.2HPS2/c;2*2-1-3/h;2*(H,2,3)/q+2;;. The van der Waals surface area contributed by atoms with Crippen LogP contribution in [0.4, 0.5) is 0 Å². The van der Waals surface area contributed by atoms with E-state index >= 15 is 0 Å². The van der Waals surface area contributed by atoms with Gasteiger partial charge in [-0.1, -0.05) is 0 Å². The summed E-state index contributed by atoms with van der Waals surface area (Å²) in [6.07, 6.45) is 0. The van der Waals surface area contributed by atoms with Gasteiger partial charge in [-0.05, 0) is 23.6 Å². The first kappa shape index (κ1) is 16.3. The molecule has 0 fully saturated rings. The van der Waals surface area contributed by atoms with E-state index in [1.54, 1.807) is 0 Å². The molecule has 7 heteroatoms. The van der Waals surface area contributed by atoms with Crippen LogP contribution in [0.3, 0.4) is 0 Å². The van der Waals surface area contributed by atoms with Crippen molar-refractivity contribution in [2.24, 2.45) is 0 Å². The van der Waals surface area contributed by atoms with Gasteiger partial charge in [0.05, 0.1) is 0 Å². The minimum atomic E-state index is 0. The summed E-state index contributed by atoms with van der Waals surface area (Å²) in [5, 5.41) is 0. The van der Waals surface area contributed by atoms with Crippen LogP contribution < -0.4 is 0 Å². The Morgan fingerprint density at radius 2 is 1.00 bits per heavy atom. The van der Waals surface area contributed by atoms with Crippen LogP contribution in [0, 0.1) is 0 Å². The third-order valence-corrected chi connectivity index (χ3v) is 0. The summed E-state index contributed by atoms with van der Waals surface area (Å²) in [5.74, 6) is 0. The Hall–Kier alpha value is 2.66. The van der Waals surface area contributed by atoms with E-state index in [0.29, 0.717) is 13.1 Å². The van der Waals surface area contributed by atoms with Crippen LogP contribution in [-0.4, -0.2) is 0 Å². The Bertz CT molecular complexity index is 30.7. The molecule has 7 heavy (non-hydrogen) atoms. The summed E-state index contributed by atoms with van der Waals surface area (Å²) >= 11 is 15.6. The van der Waals surface area contributed by atoms with Crippen LogP contribution in [0.2, 0.25) is 0 Å². The summed E-state index contributed by atoms with van der Waals surface area (Å²) in [7, 11) is 0. The fraction of sp³-hybridized carbons (Fsp3) is 0. The molecule has 0 heterocycles. The van der Waals surface area contributed by atoms with Gasteiger partial charge in [0.2, 0.25) is 0 Å². The maximum atomic E-state index is 4.23. The van der Waals surface area contributed by atoms with E-state index in [-0.39, 0.29) is 27.3 Å². The molecule has 0 aromatic rings. The van der Waals surface area contributed by atoms with Gasteiger partial charge >= 0.3 is 27.3 Å². The molecule has 0 nitrogen and oxygen atoms in total. The van der Waals surface area contributed by atoms with Crippen LogP contribution in [0.25, 0.3) is 0 Å². The van der Waals surface area contributed by atoms with Gasteiger partial charge in [-0.25, -0.2) is 0 Å². The molecule has 0 spiro atoms. The van der Waals surface area contributed by atoms with Crippen molar-refractivity contribution in [3.63, 3.8) is 0 Å². The average molecular weight is 305 g/mol. The molecule has 0 radical (unpaired) electrons. The predicted octanol–water partition coefficient (Wildman–Crippen LogP) is 2.48. The van der Waals surface area contributed by atoms with Gasteiger partial charge in [-0.2, -0.15) is 0 Å². The maximum absolute atomic E-state index is 4.23. The van der Waals surface area contributed by atoms with Gasteiger partial charge < -0.3 is 0 Å². The van der Waals surface area contributed by atoms with E-state index in [4.69, 9.17) is 0 Å². The molecular formula is H2CdP2S4+2. The summed E-state index contributed by atoms with van der Waals surface area (Å²) in [6.45, 7) is 1.39. The number of hydrogen-bond donors (Lipinski definition) is 2. The molecule has 0 aromatic carbocycles. The molecule has 0 aliphatic heterocycles. The van der Waals surface area contributed by atoms with Crippen molar-refractivity contribution in [2.75, 3.05) is 0 Å². The first-order valence-electron chi connectivity index (χ1n) is 0.765. The van der Waals surface area contributed by atoms with E-state index in [1.165, 1.54) is 0 Å². The van der Waals surface area contributed by atoms with Crippen molar-refractivity contribution in [1.82, 2.24) is 0 Å². The van der Waals surface area contributed by atoms with E-state index in [2.05, 4.69) is 48.1 Å². The Morgan fingerprint density at radius 3 is 1.00 bits per heavy atom. The molecule has 0 saturated heterocycles. The summed E-state index contributed by atoms with van der Waals surface area (Å²) in [6, 6.07) is 0. The molecule has 0 saturated carbocycles. The van der Waals surface area contributed by atoms with Gasteiger partial charge in [0, 0.05) is 13.1 Å². The largest absolute Gasteiger partial charge is 2.00 e. The van der Waals surface area contributed by atoms with E-state index in [9.17, 15) is 0 Å². The Kier molecular flexibility index (Phi) is 54.6. The van der Waals surface area contributed by atoms with Crippen LogP contribution in [0.1, 0.15) is 0 Å². The molecule has 36 valence electrons. The third-order valence-electron chi connectivity index (χ3n) is 0. The fourth-order valence-corrected chi connectivity index (χ4v) is 0. The van der Waals surface area contributed by atoms with Crippen molar-refractivity contribution in [2.45, 2.75) is 0 Å². The number of thiol groups is 2. The predicted molar refractivity (Wildman–Crippen MR) is 46.5 cm³/mol. The molecule has 0 aliphatic rings.